The van der Waals surface area contributed by atoms with Crippen molar-refractivity contribution in [3.63, 3.8) is 0 Å². The Bertz CT molecular complexity index is 939. The minimum atomic E-state index is -0.0759. The molecule has 0 atom stereocenters. The largest absolute Gasteiger partial charge is 0.508 e. The van der Waals surface area contributed by atoms with Crippen LogP contribution in [0, 0.1) is 0 Å². The molecule has 2 N–H and O–H groups in total. The van der Waals surface area contributed by atoms with Crippen molar-refractivity contribution in [2.24, 2.45) is 0 Å². The zero-order valence-electron chi connectivity index (χ0n) is 15.5. The van der Waals surface area contributed by atoms with E-state index >= 15 is 0 Å². The van der Waals surface area contributed by atoms with Crippen LogP contribution in [0.15, 0.2) is 41.6 Å². The van der Waals surface area contributed by atoms with Gasteiger partial charge >= 0.3 is 0 Å². The third kappa shape index (κ3) is 3.72. The Hall–Kier alpha value is -2.71. The van der Waals surface area contributed by atoms with Gasteiger partial charge in [0.1, 0.15) is 17.2 Å². The Morgan fingerprint density at radius 2 is 1.70 bits per heavy atom. The first-order chi connectivity index (χ1) is 13.0. The SMILES string of the molecule is COSc1nnc(-c2cc(C(C)C)c(O)cc2O)n1-c1ccc(OC)cc1. The molecule has 3 aromatic rings. The Kier molecular flexibility index (Phi) is 5.57. The number of nitrogens with zero attached hydrogens (tertiary/aromatic N) is 3. The molecular weight excluding hydrogens is 366 g/mol. The van der Waals surface area contributed by atoms with Crippen molar-refractivity contribution in [1.29, 1.82) is 0 Å². The summed E-state index contributed by atoms with van der Waals surface area (Å²) >= 11 is 1.07. The van der Waals surface area contributed by atoms with E-state index in [1.54, 1.807) is 24.9 Å². The number of aromatic hydroxyl groups is 2. The summed E-state index contributed by atoms with van der Waals surface area (Å²) in [5.41, 5.74) is 1.98. The van der Waals surface area contributed by atoms with Crippen molar-refractivity contribution in [2.45, 2.75) is 24.9 Å². The predicted octanol–water partition coefficient (Wildman–Crippen LogP) is 4.13. The van der Waals surface area contributed by atoms with Gasteiger partial charge in [-0.2, -0.15) is 0 Å². The van der Waals surface area contributed by atoms with Crippen LogP contribution in [0.2, 0.25) is 0 Å². The number of hydrogen-bond donors (Lipinski definition) is 2. The van der Waals surface area contributed by atoms with Crippen molar-refractivity contribution in [2.75, 3.05) is 14.2 Å². The summed E-state index contributed by atoms with van der Waals surface area (Å²) in [4.78, 5) is 0. The zero-order valence-corrected chi connectivity index (χ0v) is 16.3. The van der Waals surface area contributed by atoms with Crippen LogP contribution in [0.4, 0.5) is 0 Å². The van der Waals surface area contributed by atoms with E-state index in [1.165, 1.54) is 6.07 Å². The van der Waals surface area contributed by atoms with Crippen molar-refractivity contribution >= 4 is 12.0 Å². The average Bonchev–Trinajstić information content (AvgIpc) is 3.05. The van der Waals surface area contributed by atoms with Crippen LogP contribution in [-0.2, 0) is 4.18 Å². The van der Waals surface area contributed by atoms with Gasteiger partial charge in [0.25, 0.3) is 0 Å². The van der Waals surface area contributed by atoms with Gasteiger partial charge in [-0.15, -0.1) is 10.2 Å². The molecule has 8 heteroatoms. The molecule has 0 saturated carbocycles. The molecule has 0 saturated heterocycles. The van der Waals surface area contributed by atoms with Gasteiger partial charge in [0.05, 0.1) is 37.5 Å². The van der Waals surface area contributed by atoms with Gasteiger partial charge < -0.3 is 19.1 Å². The fourth-order valence-corrected chi connectivity index (χ4v) is 3.26. The maximum atomic E-state index is 10.4. The highest BCUT2D eigenvalue weighted by Gasteiger charge is 2.21. The summed E-state index contributed by atoms with van der Waals surface area (Å²) < 4.78 is 12.2. The third-order valence-electron chi connectivity index (χ3n) is 4.13. The van der Waals surface area contributed by atoms with Crippen LogP contribution in [0.1, 0.15) is 25.3 Å². The van der Waals surface area contributed by atoms with Crippen LogP contribution in [0.25, 0.3) is 17.1 Å². The van der Waals surface area contributed by atoms with Crippen molar-refractivity contribution in [1.82, 2.24) is 14.8 Å². The summed E-state index contributed by atoms with van der Waals surface area (Å²) in [6, 6.07) is 10.5. The molecule has 3 rings (SSSR count). The number of ether oxygens (including phenoxy) is 1. The average molecular weight is 387 g/mol. The van der Waals surface area contributed by atoms with Crippen molar-refractivity contribution in [3.8, 4) is 34.3 Å². The van der Waals surface area contributed by atoms with Crippen LogP contribution in [-0.4, -0.2) is 39.2 Å². The molecule has 142 valence electrons. The molecule has 7 nitrogen and oxygen atoms in total. The van der Waals surface area contributed by atoms with E-state index in [1.807, 2.05) is 38.1 Å². The second-order valence-corrected chi connectivity index (χ2v) is 7.04. The molecule has 0 fully saturated rings. The van der Waals surface area contributed by atoms with Gasteiger partial charge in [0, 0.05) is 6.07 Å². The quantitative estimate of drug-likeness (QED) is 0.615. The lowest BCUT2D eigenvalue weighted by Crippen LogP contribution is -2.01. The van der Waals surface area contributed by atoms with Gasteiger partial charge in [0.2, 0.25) is 5.16 Å². The first kappa shape index (κ1) is 19.1. The highest BCUT2D eigenvalue weighted by Crippen LogP contribution is 2.39. The van der Waals surface area contributed by atoms with Crippen LogP contribution in [0.3, 0.4) is 0 Å². The van der Waals surface area contributed by atoms with Gasteiger partial charge in [-0.05, 0) is 41.8 Å². The van der Waals surface area contributed by atoms with Gasteiger partial charge in [-0.3, -0.25) is 4.57 Å². The van der Waals surface area contributed by atoms with Crippen LogP contribution in [0.5, 0.6) is 17.2 Å². The maximum Gasteiger partial charge on any atom is 0.223 e. The molecule has 27 heavy (non-hydrogen) atoms. The van der Waals surface area contributed by atoms with E-state index in [0.29, 0.717) is 22.1 Å². The predicted molar refractivity (Wildman–Crippen MR) is 104 cm³/mol. The van der Waals surface area contributed by atoms with E-state index in [-0.39, 0.29) is 17.4 Å². The molecule has 0 bridgehead atoms. The third-order valence-corrected chi connectivity index (χ3v) is 4.71. The fourth-order valence-electron chi connectivity index (χ4n) is 2.77. The molecule has 0 aliphatic heterocycles. The molecular formula is C19H21N3O4S. The summed E-state index contributed by atoms with van der Waals surface area (Å²) in [6.07, 6.45) is 0. The lowest BCUT2D eigenvalue weighted by atomic mass is 9.98. The summed E-state index contributed by atoms with van der Waals surface area (Å²) in [5, 5.41) is 29.5. The number of methoxy groups -OCH3 is 1. The minimum Gasteiger partial charge on any atom is -0.508 e. The smallest absolute Gasteiger partial charge is 0.223 e. The Morgan fingerprint density at radius 1 is 1.00 bits per heavy atom. The van der Waals surface area contributed by atoms with E-state index in [9.17, 15) is 10.2 Å². The number of benzene rings is 2. The molecule has 0 unspecified atom stereocenters. The molecule has 0 radical (unpaired) electrons. The standard InChI is InChI=1S/C19H21N3O4S/c1-11(2)14-9-15(17(24)10-16(14)23)18-20-21-19(27-26-4)22(18)12-5-7-13(25-3)8-6-12/h5-11,23-24H,1-4H3. The van der Waals surface area contributed by atoms with E-state index < -0.39 is 0 Å². The molecule has 1 aromatic heterocycles. The van der Waals surface area contributed by atoms with E-state index in [0.717, 1.165) is 23.5 Å². The van der Waals surface area contributed by atoms with Gasteiger partial charge in [-0.25, -0.2) is 0 Å². The highest BCUT2D eigenvalue weighted by atomic mass is 32.2. The first-order valence-corrected chi connectivity index (χ1v) is 9.07. The van der Waals surface area contributed by atoms with Crippen LogP contribution >= 0.6 is 12.0 Å². The number of hydrogen-bond acceptors (Lipinski definition) is 7. The summed E-state index contributed by atoms with van der Waals surface area (Å²) in [5.74, 6) is 1.22. The Morgan fingerprint density at radius 3 is 2.30 bits per heavy atom. The lowest BCUT2D eigenvalue weighted by Gasteiger charge is -2.14. The zero-order chi connectivity index (χ0) is 19.6. The highest BCUT2D eigenvalue weighted by molar-refractivity contribution is 7.94. The second-order valence-electron chi connectivity index (χ2n) is 6.17. The summed E-state index contributed by atoms with van der Waals surface area (Å²) in [7, 11) is 3.15. The number of aromatic nitrogens is 3. The first-order valence-electron chi connectivity index (χ1n) is 8.33. The number of rotatable bonds is 6. The van der Waals surface area contributed by atoms with Crippen molar-refractivity contribution in [3.05, 3.63) is 42.0 Å². The van der Waals surface area contributed by atoms with Crippen LogP contribution < -0.4 is 4.74 Å². The Balaban J connectivity index is 2.21. The molecule has 0 amide bonds. The molecule has 0 aliphatic carbocycles. The monoisotopic (exact) mass is 387 g/mol. The molecule has 0 spiro atoms. The van der Waals surface area contributed by atoms with E-state index in [2.05, 4.69) is 10.2 Å². The molecule has 1 heterocycles. The number of phenols is 2. The fraction of sp³-hybridized carbons (Fsp3) is 0.263. The van der Waals surface area contributed by atoms with Crippen molar-refractivity contribution < 1.29 is 19.1 Å². The topological polar surface area (TPSA) is 89.6 Å². The Labute approximate surface area is 161 Å². The maximum absolute atomic E-state index is 10.4. The number of phenolic OH excluding ortho intramolecular Hbond substituents is 2. The van der Waals surface area contributed by atoms with Gasteiger partial charge in [-0.1, -0.05) is 13.8 Å². The minimum absolute atomic E-state index is 0.0493. The summed E-state index contributed by atoms with van der Waals surface area (Å²) in [6.45, 7) is 3.94. The molecule has 0 aliphatic rings. The molecule has 2 aromatic carbocycles. The lowest BCUT2D eigenvalue weighted by molar-refractivity contribution is 0.414. The van der Waals surface area contributed by atoms with Gasteiger partial charge in [0.15, 0.2) is 5.82 Å². The second kappa shape index (κ2) is 7.89. The normalized spacial score (nSPS) is 11.1. The van der Waals surface area contributed by atoms with E-state index in [4.69, 9.17) is 8.92 Å².